The van der Waals surface area contributed by atoms with Gasteiger partial charge in [0.1, 0.15) is 0 Å². The molecule has 7 rings (SSSR count). The van der Waals surface area contributed by atoms with E-state index in [2.05, 4.69) is 97.1 Å². The second-order valence-corrected chi connectivity index (χ2v) is 7.93. The molecule has 0 N–H and O–H groups in total. The van der Waals surface area contributed by atoms with Gasteiger partial charge in [0, 0.05) is 26.9 Å². The van der Waals surface area contributed by atoms with Crippen molar-refractivity contribution >= 4 is 65.2 Å². The van der Waals surface area contributed by atoms with Gasteiger partial charge in [-0.1, -0.05) is 72.8 Å². The lowest BCUT2D eigenvalue weighted by atomic mass is 10.0. The van der Waals surface area contributed by atoms with Crippen molar-refractivity contribution in [3.05, 3.63) is 97.1 Å². The molecule has 0 saturated heterocycles. The first-order valence-corrected chi connectivity index (χ1v) is 10.2. The van der Waals surface area contributed by atoms with E-state index in [0.29, 0.717) is 0 Å². The average molecular weight is 380 g/mol. The molecule has 0 atom stereocenters. The number of hydrogen-bond acceptors (Lipinski definition) is 2. The zero-order valence-electron chi connectivity index (χ0n) is 16.1. The van der Waals surface area contributed by atoms with Gasteiger partial charge < -0.3 is 0 Å². The fraction of sp³-hybridized carbons (Fsp3) is 0. The zero-order chi connectivity index (χ0) is 19.7. The van der Waals surface area contributed by atoms with Crippen molar-refractivity contribution < 1.29 is 0 Å². The van der Waals surface area contributed by atoms with Gasteiger partial charge in [-0.25, -0.2) is 9.97 Å². The summed E-state index contributed by atoms with van der Waals surface area (Å²) in [6, 6.07) is 34.5. The van der Waals surface area contributed by atoms with Crippen molar-refractivity contribution in [3.63, 3.8) is 0 Å². The highest BCUT2D eigenvalue weighted by Gasteiger charge is 2.09. The van der Waals surface area contributed by atoms with Crippen molar-refractivity contribution in [2.75, 3.05) is 0 Å². The smallest absolute Gasteiger partial charge is 0.0809 e. The van der Waals surface area contributed by atoms with Gasteiger partial charge >= 0.3 is 0 Å². The minimum atomic E-state index is 0.986. The number of aromatic nitrogens is 2. The largest absolute Gasteiger partial charge is 0.247 e. The summed E-state index contributed by atoms with van der Waals surface area (Å²) in [7, 11) is 0. The molecule has 0 amide bonds. The first-order valence-electron chi connectivity index (χ1n) is 10.2. The van der Waals surface area contributed by atoms with Gasteiger partial charge in [-0.05, 0) is 40.4 Å². The molecule has 0 unspecified atom stereocenters. The molecule has 2 nitrogen and oxygen atoms in total. The summed E-state index contributed by atoms with van der Waals surface area (Å²) in [5.74, 6) is 0. The standard InChI is InChI=1S/C28H16N2/c1-3-20-15-22(5-1)24-13-11-18-9-7-17-8-10-19-12-14-25(23-6-2-4-21(20)16-23)30-28(19)26(17)27(18)29-24/h1-16H. The van der Waals surface area contributed by atoms with Crippen molar-refractivity contribution in [2.24, 2.45) is 0 Å². The number of nitrogens with zero attached hydrogens (tertiary/aromatic N) is 2. The van der Waals surface area contributed by atoms with E-state index < -0.39 is 0 Å². The highest BCUT2D eigenvalue weighted by Crippen LogP contribution is 2.32. The van der Waals surface area contributed by atoms with Gasteiger partial charge in [0.25, 0.3) is 0 Å². The van der Waals surface area contributed by atoms with Crippen LogP contribution in [0.1, 0.15) is 0 Å². The van der Waals surface area contributed by atoms with E-state index in [-0.39, 0.29) is 0 Å². The molecule has 4 aromatic carbocycles. The Hall–Kier alpha value is -4.04. The molecule has 0 radical (unpaired) electrons. The molecule has 0 saturated carbocycles. The maximum Gasteiger partial charge on any atom is 0.0809 e. The maximum absolute atomic E-state index is 5.14. The summed E-state index contributed by atoms with van der Waals surface area (Å²) in [6.07, 6.45) is 0. The molecule has 3 heterocycles. The average Bonchev–Trinajstić information content (AvgIpc) is 2.82. The topological polar surface area (TPSA) is 25.8 Å². The monoisotopic (exact) mass is 380 g/mol. The van der Waals surface area contributed by atoms with E-state index in [1.165, 1.54) is 16.2 Å². The van der Waals surface area contributed by atoms with Gasteiger partial charge in [-0.15, -0.1) is 0 Å². The van der Waals surface area contributed by atoms with Gasteiger partial charge in [0.05, 0.1) is 22.1 Å². The van der Waals surface area contributed by atoms with E-state index in [9.17, 15) is 0 Å². The molecule has 0 aliphatic rings. The summed E-state index contributed by atoms with van der Waals surface area (Å²) in [5.41, 5.74) is 3.99. The maximum atomic E-state index is 5.14. The Kier molecular flexibility index (Phi) is 3.03. The van der Waals surface area contributed by atoms with Crippen LogP contribution in [-0.4, -0.2) is 9.97 Å². The lowest BCUT2D eigenvalue weighted by Gasteiger charge is -2.08. The zero-order valence-corrected chi connectivity index (χ0v) is 16.1. The fourth-order valence-corrected chi connectivity index (χ4v) is 4.61. The molecule has 30 heavy (non-hydrogen) atoms. The van der Waals surface area contributed by atoms with Gasteiger partial charge in [0.2, 0.25) is 0 Å². The molecule has 7 aromatic rings. The predicted octanol–water partition coefficient (Wildman–Crippen LogP) is 7.40. The third-order valence-electron chi connectivity index (χ3n) is 6.15. The number of hydrogen-bond donors (Lipinski definition) is 0. The van der Waals surface area contributed by atoms with Crippen molar-refractivity contribution in [2.45, 2.75) is 0 Å². The molecule has 138 valence electrons. The molecule has 0 aliphatic heterocycles. The highest BCUT2D eigenvalue weighted by atomic mass is 14.7. The number of benzene rings is 4. The van der Waals surface area contributed by atoms with Crippen molar-refractivity contribution in [1.29, 1.82) is 0 Å². The molecule has 3 aromatic heterocycles. The fourth-order valence-electron chi connectivity index (χ4n) is 4.61. The second-order valence-electron chi connectivity index (χ2n) is 7.93. The third kappa shape index (κ3) is 2.19. The first kappa shape index (κ1) is 15.8. The number of rotatable bonds is 0. The Morgan fingerprint density at radius 1 is 0.367 bits per heavy atom. The van der Waals surface area contributed by atoms with Crippen LogP contribution in [-0.2, 0) is 0 Å². The summed E-state index contributed by atoms with van der Waals surface area (Å²) in [6.45, 7) is 0. The van der Waals surface area contributed by atoms with Crippen LogP contribution in [0, 0.1) is 0 Å². The van der Waals surface area contributed by atoms with Crippen LogP contribution in [0.15, 0.2) is 97.1 Å². The first-order chi connectivity index (χ1) is 14.8. The van der Waals surface area contributed by atoms with Crippen LogP contribution in [0.5, 0.6) is 0 Å². The molecule has 0 fully saturated rings. The molecule has 0 aliphatic carbocycles. The van der Waals surface area contributed by atoms with E-state index in [0.717, 1.165) is 49.0 Å². The molecular weight excluding hydrogens is 364 g/mol. The summed E-state index contributed by atoms with van der Waals surface area (Å²) < 4.78 is 0. The van der Waals surface area contributed by atoms with Crippen LogP contribution in [0.2, 0.25) is 0 Å². The Balaban J connectivity index is 1.89. The molecule has 0 spiro atoms. The lowest BCUT2D eigenvalue weighted by Crippen LogP contribution is -1.87. The molecular formula is C28H16N2. The van der Waals surface area contributed by atoms with Gasteiger partial charge in [-0.3, -0.25) is 0 Å². The van der Waals surface area contributed by atoms with Crippen molar-refractivity contribution in [1.82, 2.24) is 9.97 Å². The SMILES string of the molecule is c1cc2cc(c1)c1ccc3ccc4ccc5ccc(nc5c4c3n1)c1cccc2c1. The Labute approximate surface area is 172 Å². The van der Waals surface area contributed by atoms with Gasteiger partial charge in [-0.2, -0.15) is 0 Å². The van der Waals surface area contributed by atoms with Gasteiger partial charge in [0.15, 0.2) is 0 Å². The second kappa shape index (κ2) is 5.74. The summed E-state index contributed by atoms with van der Waals surface area (Å²) >= 11 is 0. The number of pyridine rings is 2. The van der Waals surface area contributed by atoms with Crippen LogP contribution in [0.25, 0.3) is 65.2 Å². The lowest BCUT2D eigenvalue weighted by molar-refractivity contribution is 1.50. The number of fused-ring (bicyclic) bond motifs is 9. The molecule has 8 bridgehead atoms. The van der Waals surface area contributed by atoms with Crippen LogP contribution >= 0.6 is 0 Å². The van der Waals surface area contributed by atoms with Crippen LogP contribution < -0.4 is 0 Å². The van der Waals surface area contributed by atoms with Crippen LogP contribution in [0.3, 0.4) is 0 Å². The Morgan fingerprint density at radius 3 is 1.33 bits per heavy atom. The van der Waals surface area contributed by atoms with Crippen molar-refractivity contribution in [3.8, 4) is 0 Å². The van der Waals surface area contributed by atoms with E-state index >= 15 is 0 Å². The minimum Gasteiger partial charge on any atom is -0.247 e. The summed E-state index contributed by atoms with van der Waals surface area (Å²) in [5, 5.41) is 9.20. The quantitative estimate of drug-likeness (QED) is 0.256. The third-order valence-corrected chi connectivity index (χ3v) is 6.15. The normalized spacial score (nSPS) is 12.0. The van der Waals surface area contributed by atoms with Crippen LogP contribution in [0.4, 0.5) is 0 Å². The highest BCUT2D eigenvalue weighted by molar-refractivity contribution is 6.18. The summed E-state index contributed by atoms with van der Waals surface area (Å²) in [4.78, 5) is 10.3. The van der Waals surface area contributed by atoms with E-state index in [1.54, 1.807) is 0 Å². The molecule has 2 heteroatoms. The van der Waals surface area contributed by atoms with E-state index in [4.69, 9.17) is 9.97 Å². The van der Waals surface area contributed by atoms with E-state index in [1.807, 2.05) is 0 Å². The Bertz CT molecular complexity index is 1670. The Morgan fingerprint density at radius 2 is 0.800 bits per heavy atom. The predicted molar refractivity (Wildman–Crippen MR) is 127 cm³/mol. The minimum absolute atomic E-state index is 0.986.